The maximum Gasteiger partial charge on any atom is 0.331 e. The molecule has 9 nitrogen and oxygen atoms in total. The number of carbonyl (C=O) groups is 3. The molecule has 0 radical (unpaired) electrons. The van der Waals surface area contributed by atoms with Crippen LogP contribution in [0.5, 0.6) is 0 Å². The summed E-state index contributed by atoms with van der Waals surface area (Å²) in [5, 5.41) is 4.38. The molecule has 35 heavy (non-hydrogen) atoms. The van der Waals surface area contributed by atoms with Crippen molar-refractivity contribution in [1.82, 2.24) is 14.9 Å². The van der Waals surface area contributed by atoms with Crippen molar-refractivity contribution in [3.8, 4) is 0 Å². The van der Waals surface area contributed by atoms with Crippen LogP contribution in [0.2, 0.25) is 0 Å². The number of benzene rings is 2. The third-order valence-electron chi connectivity index (χ3n) is 5.53. The van der Waals surface area contributed by atoms with Crippen molar-refractivity contribution < 1.29 is 27.5 Å². The summed E-state index contributed by atoms with van der Waals surface area (Å²) in [4.78, 5) is 36.6. The van der Waals surface area contributed by atoms with Crippen LogP contribution in [0.1, 0.15) is 42.9 Å². The highest BCUT2D eigenvalue weighted by Crippen LogP contribution is 2.21. The van der Waals surface area contributed by atoms with Crippen LogP contribution in [0.15, 0.2) is 65.6 Å². The fourth-order valence-corrected chi connectivity index (χ4v) is 5.16. The molecular weight excluding hydrogens is 470 g/mol. The van der Waals surface area contributed by atoms with Crippen molar-refractivity contribution in [2.45, 2.75) is 36.7 Å². The zero-order valence-electron chi connectivity index (χ0n) is 19.5. The molecule has 1 atom stereocenters. The van der Waals surface area contributed by atoms with Crippen molar-refractivity contribution in [2.24, 2.45) is 0 Å². The number of imide groups is 1. The van der Waals surface area contributed by atoms with Crippen molar-refractivity contribution in [3.05, 3.63) is 71.8 Å². The zero-order valence-corrected chi connectivity index (χ0v) is 20.3. The van der Waals surface area contributed by atoms with Crippen LogP contribution in [0.25, 0.3) is 6.08 Å². The van der Waals surface area contributed by atoms with E-state index in [0.717, 1.165) is 31.8 Å². The Kier molecular flexibility index (Phi) is 9.16. The zero-order chi connectivity index (χ0) is 25.3. The van der Waals surface area contributed by atoms with Crippen LogP contribution in [-0.4, -0.2) is 50.8 Å². The molecule has 0 bridgehead atoms. The van der Waals surface area contributed by atoms with Crippen molar-refractivity contribution in [3.63, 3.8) is 0 Å². The van der Waals surface area contributed by atoms with Gasteiger partial charge < -0.3 is 10.1 Å². The van der Waals surface area contributed by atoms with Gasteiger partial charge >= 0.3 is 12.0 Å². The van der Waals surface area contributed by atoms with Gasteiger partial charge in [-0.1, -0.05) is 55.3 Å². The maximum atomic E-state index is 12.9. The Morgan fingerprint density at radius 3 is 2.17 bits per heavy atom. The smallest absolute Gasteiger partial charge is 0.331 e. The van der Waals surface area contributed by atoms with Gasteiger partial charge in [0.25, 0.3) is 5.91 Å². The van der Waals surface area contributed by atoms with Crippen LogP contribution >= 0.6 is 0 Å². The molecule has 3 amide bonds. The molecule has 1 saturated heterocycles. The average molecular weight is 500 g/mol. The van der Waals surface area contributed by atoms with Crippen molar-refractivity contribution >= 4 is 34.0 Å². The van der Waals surface area contributed by atoms with Gasteiger partial charge in [0, 0.05) is 31.8 Å². The van der Waals surface area contributed by atoms with Crippen LogP contribution in [0, 0.1) is 0 Å². The molecule has 2 aromatic carbocycles. The van der Waals surface area contributed by atoms with Gasteiger partial charge in [-0.3, -0.25) is 10.1 Å². The largest absolute Gasteiger partial charge is 0.444 e. The van der Waals surface area contributed by atoms with E-state index in [1.807, 2.05) is 0 Å². The van der Waals surface area contributed by atoms with Crippen LogP contribution in [0.3, 0.4) is 0 Å². The topological polar surface area (TPSA) is 122 Å². The first-order valence-corrected chi connectivity index (χ1v) is 12.8. The first-order valence-electron chi connectivity index (χ1n) is 11.4. The summed E-state index contributed by atoms with van der Waals surface area (Å²) in [6.45, 7) is 1.04. The summed E-state index contributed by atoms with van der Waals surface area (Å²) in [5.41, 5.74) is 0.988. The van der Waals surface area contributed by atoms with E-state index in [1.165, 1.54) is 29.6 Å². The van der Waals surface area contributed by atoms with Crippen LogP contribution in [-0.2, 0) is 24.3 Å². The van der Waals surface area contributed by atoms with E-state index in [1.54, 1.807) is 42.5 Å². The lowest BCUT2D eigenvalue weighted by Crippen LogP contribution is -2.41. The molecule has 1 heterocycles. The number of urea groups is 1. The predicted molar refractivity (Wildman–Crippen MR) is 131 cm³/mol. The Bertz CT molecular complexity index is 1160. The molecule has 186 valence electrons. The third kappa shape index (κ3) is 7.24. The molecule has 0 aliphatic carbocycles. The molecule has 2 aromatic rings. The van der Waals surface area contributed by atoms with Gasteiger partial charge in [-0.15, -0.1) is 0 Å². The van der Waals surface area contributed by atoms with Crippen LogP contribution in [0.4, 0.5) is 4.79 Å². The van der Waals surface area contributed by atoms with Crippen molar-refractivity contribution in [2.75, 3.05) is 20.1 Å². The summed E-state index contributed by atoms with van der Waals surface area (Å²) in [6.07, 6.45) is 5.05. The lowest BCUT2D eigenvalue weighted by atomic mass is 10.1. The molecule has 0 aromatic heterocycles. The van der Waals surface area contributed by atoms with Gasteiger partial charge in [-0.2, -0.15) is 4.31 Å². The molecule has 1 fully saturated rings. The Hall–Kier alpha value is -3.50. The first kappa shape index (κ1) is 26.1. The standard InChI is InChI=1S/C25H29N3O6S/c1-26-25(31)27-24(30)23(20-9-5-4-6-10-20)34-22(29)16-13-19-11-14-21(15-12-19)35(32,33)28-17-7-2-3-8-18-28/h4-6,9-16,23H,2-3,7-8,17-18H2,1H3,(H2,26,27,30,31)/b16-13-/t23-/m1/s1. The van der Waals surface area contributed by atoms with E-state index in [2.05, 4.69) is 10.6 Å². The number of amides is 3. The molecule has 0 saturated carbocycles. The highest BCUT2D eigenvalue weighted by molar-refractivity contribution is 7.89. The van der Waals surface area contributed by atoms with Crippen molar-refractivity contribution in [1.29, 1.82) is 0 Å². The van der Waals surface area contributed by atoms with Gasteiger partial charge in [0.2, 0.25) is 16.1 Å². The molecule has 2 N–H and O–H groups in total. The highest BCUT2D eigenvalue weighted by Gasteiger charge is 2.26. The number of ether oxygens (including phenoxy) is 1. The van der Waals surface area contributed by atoms with E-state index >= 15 is 0 Å². The molecule has 0 unspecified atom stereocenters. The molecular formula is C25H29N3O6S. The Labute approximate surface area is 205 Å². The molecule has 1 aliphatic heterocycles. The van der Waals surface area contributed by atoms with Gasteiger partial charge in [-0.25, -0.2) is 18.0 Å². The number of hydrogen-bond acceptors (Lipinski definition) is 6. The number of nitrogens with zero attached hydrogens (tertiary/aromatic N) is 1. The Balaban J connectivity index is 1.68. The number of nitrogens with one attached hydrogen (secondary N) is 2. The van der Waals surface area contributed by atoms with Gasteiger partial charge in [0.15, 0.2) is 0 Å². The fourth-order valence-electron chi connectivity index (χ4n) is 3.64. The maximum absolute atomic E-state index is 12.9. The predicted octanol–water partition coefficient (Wildman–Crippen LogP) is 3.00. The molecule has 3 rings (SSSR count). The summed E-state index contributed by atoms with van der Waals surface area (Å²) >= 11 is 0. The van der Waals surface area contributed by atoms with Crippen LogP contribution < -0.4 is 10.6 Å². The van der Waals surface area contributed by atoms with E-state index < -0.39 is 34.0 Å². The Morgan fingerprint density at radius 1 is 0.943 bits per heavy atom. The molecule has 0 spiro atoms. The second-order valence-corrected chi connectivity index (χ2v) is 9.95. The lowest BCUT2D eigenvalue weighted by Gasteiger charge is -2.19. The second kappa shape index (κ2) is 12.3. The van der Waals surface area contributed by atoms with Gasteiger partial charge in [-0.05, 0) is 36.6 Å². The third-order valence-corrected chi connectivity index (χ3v) is 7.45. The SMILES string of the molecule is CNC(=O)NC(=O)[C@H](OC(=O)/C=C\c1ccc(S(=O)(=O)N2CCCCCC2)cc1)c1ccccc1. The number of sulfonamides is 1. The minimum atomic E-state index is -3.56. The monoisotopic (exact) mass is 499 g/mol. The second-order valence-electron chi connectivity index (χ2n) is 8.02. The number of hydrogen-bond donors (Lipinski definition) is 2. The van der Waals surface area contributed by atoms with E-state index in [-0.39, 0.29) is 4.90 Å². The summed E-state index contributed by atoms with van der Waals surface area (Å²) < 4.78 is 32.6. The number of carbonyl (C=O) groups excluding carboxylic acids is 3. The number of esters is 1. The average Bonchev–Trinajstić information content (AvgIpc) is 3.17. The summed E-state index contributed by atoms with van der Waals surface area (Å²) in [6, 6.07) is 13.8. The Morgan fingerprint density at radius 2 is 1.57 bits per heavy atom. The van der Waals surface area contributed by atoms with Gasteiger partial charge in [0.1, 0.15) is 0 Å². The highest BCUT2D eigenvalue weighted by atomic mass is 32.2. The molecule has 10 heteroatoms. The summed E-state index contributed by atoms with van der Waals surface area (Å²) in [5.74, 6) is -1.59. The minimum absolute atomic E-state index is 0.203. The molecule has 1 aliphatic rings. The number of rotatable bonds is 7. The quantitative estimate of drug-likeness (QED) is 0.446. The van der Waals surface area contributed by atoms with Gasteiger partial charge in [0.05, 0.1) is 4.90 Å². The van der Waals surface area contributed by atoms with E-state index in [9.17, 15) is 22.8 Å². The lowest BCUT2D eigenvalue weighted by molar-refractivity contribution is -0.151. The first-order chi connectivity index (χ1) is 16.8. The van der Waals surface area contributed by atoms with E-state index in [4.69, 9.17) is 4.74 Å². The normalized spacial score (nSPS) is 15.7. The summed E-state index contributed by atoms with van der Waals surface area (Å²) in [7, 11) is -2.20. The van der Waals surface area contributed by atoms with E-state index in [0.29, 0.717) is 24.2 Å². The minimum Gasteiger partial charge on any atom is -0.444 e. The fraction of sp³-hybridized carbons (Fsp3) is 0.320.